The summed E-state index contributed by atoms with van der Waals surface area (Å²) in [7, 11) is 0. The zero-order valence-electron chi connectivity index (χ0n) is 11.3. The summed E-state index contributed by atoms with van der Waals surface area (Å²) >= 11 is 0. The number of rotatable bonds is 6. The standard InChI is InChI=1S/C9H8N4O6.Na.H/c10-4-1-2-6(13(11-18)12-19)5(3-4)7(8(14)15)9(16)17;;/h1-3,7H,10H2,(H,14,15)(H,16,17);;/q;+1;-1. The summed E-state index contributed by atoms with van der Waals surface area (Å²) in [6.07, 6.45) is 0. The van der Waals surface area contributed by atoms with Gasteiger partial charge in [-0.2, -0.15) is 0 Å². The number of hydrogen-bond acceptors (Lipinski definition) is 7. The molecule has 0 saturated heterocycles. The van der Waals surface area contributed by atoms with E-state index in [9.17, 15) is 19.4 Å². The Morgan fingerprint density at radius 1 is 1.20 bits per heavy atom. The van der Waals surface area contributed by atoms with Gasteiger partial charge in [0.15, 0.2) is 5.92 Å². The van der Waals surface area contributed by atoms with Crippen molar-refractivity contribution >= 4 is 23.3 Å². The second-order valence-corrected chi connectivity index (χ2v) is 3.38. The fraction of sp³-hybridized carbons (Fsp3) is 0.111. The number of anilines is 2. The molecule has 0 bridgehead atoms. The van der Waals surface area contributed by atoms with Crippen LogP contribution in [0.4, 0.5) is 11.4 Å². The van der Waals surface area contributed by atoms with E-state index >= 15 is 0 Å². The number of nitrogens with zero attached hydrogens (tertiary/aromatic N) is 3. The molecule has 0 aromatic heterocycles. The van der Waals surface area contributed by atoms with E-state index in [4.69, 9.17) is 15.9 Å². The summed E-state index contributed by atoms with van der Waals surface area (Å²) in [6, 6.07) is 3.33. The third kappa shape index (κ3) is 3.73. The van der Waals surface area contributed by atoms with E-state index in [1.807, 2.05) is 0 Å². The van der Waals surface area contributed by atoms with Gasteiger partial charge in [0.25, 0.3) is 0 Å². The SMILES string of the molecule is Nc1ccc(N(N=O)N=O)c(C(C(=O)O)C(=O)O)c1.[H-].[Na+]. The number of hydrogen-bond donors (Lipinski definition) is 3. The molecular formula is C9H9N4NaO6. The first kappa shape index (κ1) is 18.0. The minimum Gasteiger partial charge on any atom is -1.00 e. The molecule has 0 fully saturated rings. The molecule has 1 rings (SSSR count). The minimum absolute atomic E-state index is 0. The predicted octanol–water partition coefficient (Wildman–Crippen LogP) is -2.19. The van der Waals surface area contributed by atoms with Crippen LogP contribution >= 0.6 is 0 Å². The molecule has 0 amide bonds. The van der Waals surface area contributed by atoms with Gasteiger partial charge in [0, 0.05) is 11.3 Å². The number of nitrogens with two attached hydrogens (primary N) is 1. The van der Waals surface area contributed by atoms with Crippen LogP contribution in [0.2, 0.25) is 0 Å². The Morgan fingerprint density at radius 3 is 2.10 bits per heavy atom. The molecule has 0 spiro atoms. The van der Waals surface area contributed by atoms with Crippen molar-refractivity contribution in [1.82, 2.24) is 0 Å². The van der Waals surface area contributed by atoms with Crippen LogP contribution in [0, 0.1) is 9.81 Å². The Kier molecular flexibility index (Phi) is 6.76. The number of carboxylic acids is 2. The molecular weight excluding hydrogens is 283 g/mol. The number of benzene rings is 1. The Labute approximate surface area is 135 Å². The normalized spacial score (nSPS) is 9.45. The summed E-state index contributed by atoms with van der Waals surface area (Å²) in [5.41, 5.74) is 4.74. The predicted molar refractivity (Wildman–Crippen MR) is 64.0 cm³/mol. The third-order valence-corrected chi connectivity index (χ3v) is 2.23. The van der Waals surface area contributed by atoms with Crippen molar-refractivity contribution in [3.8, 4) is 0 Å². The van der Waals surface area contributed by atoms with Crippen LogP contribution in [0.15, 0.2) is 28.8 Å². The van der Waals surface area contributed by atoms with E-state index in [0.717, 1.165) is 12.1 Å². The fourth-order valence-corrected chi connectivity index (χ4v) is 1.46. The van der Waals surface area contributed by atoms with E-state index < -0.39 is 17.9 Å². The molecule has 0 saturated carbocycles. The number of carbonyl (C=O) groups is 2. The maximum absolute atomic E-state index is 10.9. The molecule has 1 aromatic rings. The Balaban J connectivity index is 0. The molecule has 0 atom stereocenters. The van der Waals surface area contributed by atoms with Crippen LogP contribution in [0.5, 0.6) is 0 Å². The van der Waals surface area contributed by atoms with Crippen LogP contribution in [0.1, 0.15) is 12.9 Å². The molecule has 0 radical (unpaired) electrons. The van der Waals surface area contributed by atoms with Gasteiger partial charge in [-0.1, -0.05) is 5.12 Å². The number of nitrogen functional groups attached to an aromatic ring is 1. The maximum Gasteiger partial charge on any atom is 1.00 e. The Hall–Kier alpha value is -2.04. The zero-order chi connectivity index (χ0) is 14.6. The van der Waals surface area contributed by atoms with Gasteiger partial charge in [-0.25, -0.2) is 0 Å². The molecule has 0 aliphatic heterocycles. The van der Waals surface area contributed by atoms with Gasteiger partial charge in [0.1, 0.15) is 0 Å². The van der Waals surface area contributed by atoms with Crippen molar-refractivity contribution < 1.29 is 50.8 Å². The van der Waals surface area contributed by atoms with Gasteiger partial charge in [-0.15, -0.1) is 9.81 Å². The Morgan fingerprint density at radius 2 is 1.70 bits per heavy atom. The van der Waals surface area contributed by atoms with Crippen molar-refractivity contribution in [3.05, 3.63) is 33.6 Å². The van der Waals surface area contributed by atoms with Crippen molar-refractivity contribution in [3.63, 3.8) is 0 Å². The molecule has 10 nitrogen and oxygen atoms in total. The van der Waals surface area contributed by atoms with Crippen LogP contribution in [-0.2, 0) is 9.59 Å². The molecule has 102 valence electrons. The quantitative estimate of drug-likeness (QED) is 0.175. The van der Waals surface area contributed by atoms with Crippen molar-refractivity contribution in [2.45, 2.75) is 5.92 Å². The number of nitroso groups, excluding NO2 is 2. The third-order valence-electron chi connectivity index (χ3n) is 2.23. The topological polar surface area (TPSA) is 163 Å². The second kappa shape index (κ2) is 7.53. The monoisotopic (exact) mass is 292 g/mol. The average Bonchev–Trinajstić information content (AvgIpc) is 2.32. The van der Waals surface area contributed by atoms with Gasteiger partial charge in [0.2, 0.25) is 0 Å². The van der Waals surface area contributed by atoms with Gasteiger partial charge in [0.05, 0.1) is 16.3 Å². The zero-order valence-corrected chi connectivity index (χ0v) is 12.3. The van der Waals surface area contributed by atoms with E-state index in [-0.39, 0.29) is 53.0 Å². The van der Waals surface area contributed by atoms with Crippen LogP contribution in [0.25, 0.3) is 0 Å². The molecule has 0 unspecified atom stereocenters. The Bertz CT molecular complexity index is 535. The summed E-state index contributed by atoms with van der Waals surface area (Å²) in [4.78, 5) is 42.7. The summed E-state index contributed by atoms with van der Waals surface area (Å²) in [6.45, 7) is 0. The molecule has 0 heterocycles. The van der Waals surface area contributed by atoms with Gasteiger partial charge in [-0.05, 0) is 18.2 Å². The molecule has 1 aromatic carbocycles. The first-order valence-corrected chi connectivity index (χ1v) is 4.74. The smallest absolute Gasteiger partial charge is 1.00 e. The summed E-state index contributed by atoms with van der Waals surface area (Å²) in [5, 5.41) is 22.3. The van der Waals surface area contributed by atoms with Crippen LogP contribution in [0.3, 0.4) is 0 Å². The molecule has 20 heavy (non-hydrogen) atoms. The first-order valence-electron chi connectivity index (χ1n) is 4.74. The average molecular weight is 292 g/mol. The largest absolute Gasteiger partial charge is 1.00 e. The van der Waals surface area contributed by atoms with E-state index in [1.54, 1.807) is 0 Å². The second-order valence-electron chi connectivity index (χ2n) is 3.38. The van der Waals surface area contributed by atoms with Crippen LogP contribution < -0.4 is 40.4 Å². The molecule has 4 N–H and O–H groups in total. The molecule has 11 heteroatoms. The van der Waals surface area contributed by atoms with Crippen LogP contribution in [-0.4, -0.2) is 22.2 Å². The maximum atomic E-state index is 10.9. The van der Waals surface area contributed by atoms with E-state index in [0.29, 0.717) is 0 Å². The van der Waals surface area contributed by atoms with Crippen molar-refractivity contribution in [2.24, 2.45) is 10.6 Å². The minimum atomic E-state index is -2.01. The first-order chi connectivity index (χ1) is 8.92. The van der Waals surface area contributed by atoms with E-state index in [1.165, 1.54) is 6.07 Å². The molecule has 0 aliphatic rings. The van der Waals surface area contributed by atoms with Gasteiger partial charge < -0.3 is 17.4 Å². The van der Waals surface area contributed by atoms with Crippen molar-refractivity contribution in [1.29, 1.82) is 0 Å². The number of aliphatic carboxylic acids is 2. The van der Waals surface area contributed by atoms with Crippen molar-refractivity contribution in [2.75, 3.05) is 10.9 Å². The van der Waals surface area contributed by atoms with E-state index in [2.05, 4.69) is 10.6 Å². The molecule has 0 aliphatic carbocycles. The fourth-order valence-electron chi connectivity index (χ4n) is 1.46. The van der Waals surface area contributed by atoms with Gasteiger partial charge in [-0.3, -0.25) is 9.59 Å². The summed E-state index contributed by atoms with van der Waals surface area (Å²) in [5.74, 6) is -5.38. The number of carboxylic acid groups (broad SMARTS) is 2. The van der Waals surface area contributed by atoms with Gasteiger partial charge >= 0.3 is 41.5 Å². The summed E-state index contributed by atoms with van der Waals surface area (Å²) < 4.78 is 0.